The molecule has 9 heteroatoms. The summed E-state index contributed by atoms with van der Waals surface area (Å²) >= 11 is 0. The van der Waals surface area contributed by atoms with Crippen molar-refractivity contribution in [2.45, 2.75) is 153 Å². The fraction of sp³-hybridized carbons (Fsp3) is 0.674. The average molecular weight is 713 g/mol. The second kappa shape index (κ2) is 14.7. The molecule has 9 rings (SSSR count). The number of aliphatic hydroxyl groups is 1. The summed E-state index contributed by atoms with van der Waals surface area (Å²) in [4.78, 5) is 29.6. The molecule has 0 spiro atoms. The van der Waals surface area contributed by atoms with E-state index < -0.39 is 6.29 Å². The molecule has 2 aliphatic heterocycles. The first-order valence-corrected chi connectivity index (χ1v) is 20.3. The highest BCUT2D eigenvalue weighted by Crippen LogP contribution is 2.55. The molecular weight excluding hydrogens is 652 g/mol. The molecule has 0 aromatic heterocycles. The van der Waals surface area contributed by atoms with Crippen LogP contribution >= 0.6 is 0 Å². The van der Waals surface area contributed by atoms with E-state index in [1.54, 1.807) is 0 Å². The van der Waals surface area contributed by atoms with Crippen molar-refractivity contribution in [3.8, 4) is 0 Å². The molecule has 4 bridgehead atoms. The highest BCUT2D eigenvalue weighted by molar-refractivity contribution is 5.89. The van der Waals surface area contributed by atoms with Gasteiger partial charge in [0.05, 0.1) is 24.9 Å². The molecule has 2 heterocycles. The van der Waals surface area contributed by atoms with Crippen LogP contribution in [0, 0.1) is 23.7 Å². The SMILES string of the molecule is CC(C)(C)NC(=O)C1CCC2CCCCC2N1CC1CC(c2ccc(CO)cc2)OC(c2ccc(NC(=O)NC34CC5CC(CC(C5)C3)C4)cc2)O1. The van der Waals surface area contributed by atoms with Crippen LogP contribution in [0.25, 0.3) is 0 Å². The van der Waals surface area contributed by atoms with Crippen molar-refractivity contribution in [2.75, 3.05) is 11.9 Å². The smallest absolute Gasteiger partial charge is 0.319 e. The molecule has 9 nitrogen and oxygen atoms in total. The maximum absolute atomic E-state index is 13.8. The number of amides is 3. The number of nitrogens with zero attached hydrogens (tertiary/aromatic N) is 1. The van der Waals surface area contributed by atoms with E-state index in [-0.39, 0.29) is 47.9 Å². The Bertz CT molecular complexity index is 1540. The van der Waals surface area contributed by atoms with E-state index in [4.69, 9.17) is 9.47 Å². The summed E-state index contributed by atoms with van der Waals surface area (Å²) in [6.07, 6.45) is 13.9. The van der Waals surface area contributed by atoms with Crippen molar-refractivity contribution in [2.24, 2.45) is 23.7 Å². The minimum absolute atomic E-state index is 0.00333. The van der Waals surface area contributed by atoms with Crippen molar-refractivity contribution in [3.05, 3.63) is 65.2 Å². The Balaban J connectivity index is 0.991. The van der Waals surface area contributed by atoms with Gasteiger partial charge in [-0.2, -0.15) is 0 Å². The van der Waals surface area contributed by atoms with Crippen molar-refractivity contribution in [3.63, 3.8) is 0 Å². The predicted molar refractivity (Wildman–Crippen MR) is 201 cm³/mol. The number of hydrogen-bond acceptors (Lipinski definition) is 6. The molecule has 5 aliphatic carbocycles. The summed E-state index contributed by atoms with van der Waals surface area (Å²) in [6, 6.07) is 16.0. The summed E-state index contributed by atoms with van der Waals surface area (Å²) in [5.74, 6) is 3.04. The lowest BCUT2D eigenvalue weighted by atomic mass is 9.53. The fourth-order valence-corrected chi connectivity index (χ4v) is 11.4. The van der Waals surface area contributed by atoms with Crippen LogP contribution in [0.3, 0.4) is 0 Å². The Morgan fingerprint density at radius 2 is 1.48 bits per heavy atom. The predicted octanol–water partition coefficient (Wildman–Crippen LogP) is 7.75. The summed E-state index contributed by atoms with van der Waals surface area (Å²) in [5, 5.41) is 19.5. The van der Waals surface area contributed by atoms with E-state index in [9.17, 15) is 14.7 Å². The number of nitrogens with one attached hydrogen (secondary N) is 3. The maximum atomic E-state index is 13.8. The number of urea groups is 1. The topological polar surface area (TPSA) is 112 Å². The summed E-state index contributed by atoms with van der Waals surface area (Å²) < 4.78 is 13.5. The lowest BCUT2D eigenvalue weighted by molar-refractivity contribution is -0.255. The molecule has 282 valence electrons. The Morgan fingerprint density at radius 1 is 0.827 bits per heavy atom. The van der Waals surface area contributed by atoms with E-state index >= 15 is 0 Å². The van der Waals surface area contributed by atoms with Gasteiger partial charge in [0.15, 0.2) is 6.29 Å². The minimum atomic E-state index is -0.607. The van der Waals surface area contributed by atoms with Crippen molar-refractivity contribution < 1.29 is 24.2 Å². The van der Waals surface area contributed by atoms with Crippen LogP contribution in [-0.4, -0.2) is 57.8 Å². The number of piperidine rings is 1. The van der Waals surface area contributed by atoms with E-state index in [1.165, 1.54) is 38.5 Å². The number of likely N-dealkylation sites (tertiary alicyclic amines) is 1. The number of anilines is 1. The summed E-state index contributed by atoms with van der Waals surface area (Å²) in [7, 11) is 0. The van der Waals surface area contributed by atoms with Crippen molar-refractivity contribution >= 4 is 17.6 Å². The zero-order valence-electron chi connectivity index (χ0n) is 31.4. The third-order valence-corrected chi connectivity index (χ3v) is 13.2. The van der Waals surface area contributed by atoms with Crippen LogP contribution in [0.1, 0.15) is 133 Å². The van der Waals surface area contributed by atoms with Gasteiger partial charge in [-0.25, -0.2) is 4.79 Å². The van der Waals surface area contributed by atoms with Gasteiger partial charge >= 0.3 is 6.03 Å². The Labute approximate surface area is 310 Å². The molecule has 5 saturated carbocycles. The number of ether oxygens (including phenoxy) is 2. The first-order valence-electron chi connectivity index (χ1n) is 20.3. The second-order valence-electron chi connectivity index (χ2n) is 18.4. The van der Waals surface area contributed by atoms with Crippen LogP contribution in [0.2, 0.25) is 0 Å². The fourth-order valence-electron chi connectivity index (χ4n) is 11.4. The second-order valence-corrected chi connectivity index (χ2v) is 18.4. The first kappa shape index (κ1) is 36.0. The molecule has 6 atom stereocenters. The molecule has 7 aliphatic rings. The van der Waals surface area contributed by atoms with Crippen LogP contribution in [0.4, 0.5) is 10.5 Å². The van der Waals surface area contributed by atoms with Crippen LogP contribution in [-0.2, 0) is 20.9 Å². The maximum Gasteiger partial charge on any atom is 0.319 e. The molecular formula is C43H60N4O5. The number of carbonyl (C=O) groups excluding carboxylic acids is 2. The monoisotopic (exact) mass is 712 g/mol. The molecule has 52 heavy (non-hydrogen) atoms. The number of aliphatic hydroxyl groups excluding tert-OH is 1. The van der Waals surface area contributed by atoms with Gasteiger partial charge in [-0.05, 0) is 132 Å². The molecule has 2 saturated heterocycles. The summed E-state index contributed by atoms with van der Waals surface area (Å²) in [5.41, 5.74) is 3.22. The van der Waals surface area contributed by atoms with Gasteiger partial charge < -0.3 is 30.5 Å². The number of carbonyl (C=O) groups is 2. The van der Waals surface area contributed by atoms with Gasteiger partial charge in [0.25, 0.3) is 0 Å². The normalized spacial score (nSPS) is 35.8. The minimum Gasteiger partial charge on any atom is -0.392 e. The quantitative estimate of drug-likeness (QED) is 0.223. The molecule has 4 N–H and O–H groups in total. The molecule has 6 unspecified atom stereocenters. The highest BCUT2D eigenvalue weighted by Gasteiger charge is 2.51. The van der Waals surface area contributed by atoms with E-state index in [0.29, 0.717) is 24.9 Å². The molecule has 2 aromatic carbocycles. The van der Waals surface area contributed by atoms with Gasteiger partial charge in [0, 0.05) is 41.3 Å². The molecule has 7 fully saturated rings. The standard InChI is InChI=1S/C43H60N4O5/c1-42(2,3)45-39(49)37-17-14-31-6-4-5-7-36(31)47(37)25-35-21-38(32-10-8-27(26-48)9-11-32)52-40(51-35)33-12-15-34(16-13-33)44-41(50)46-43-22-28-18-29(23-43)20-30(19-28)24-43/h8-13,15-16,28-31,35-38,40,48H,4-7,14,17-26H2,1-3H3,(H,45,49)(H2,44,46,50). The van der Waals surface area contributed by atoms with Gasteiger partial charge in [0.2, 0.25) is 5.91 Å². The number of fused-ring (bicyclic) bond motifs is 1. The highest BCUT2D eigenvalue weighted by atomic mass is 16.7. The Morgan fingerprint density at radius 3 is 2.13 bits per heavy atom. The Hall–Kier alpha value is -2.98. The lowest BCUT2D eigenvalue weighted by Crippen LogP contribution is -2.61. The van der Waals surface area contributed by atoms with Crippen LogP contribution in [0.5, 0.6) is 0 Å². The van der Waals surface area contributed by atoms with Crippen molar-refractivity contribution in [1.29, 1.82) is 0 Å². The van der Waals surface area contributed by atoms with Crippen LogP contribution < -0.4 is 16.0 Å². The third kappa shape index (κ3) is 7.94. The zero-order chi connectivity index (χ0) is 36.0. The molecule has 3 amide bonds. The Kier molecular flexibility index (Phi) is 10.2. The van der Waals surface area contributed by atoms with E-state index in [2.05, 4.69) is 41.6 Å². The lowest BCUT2D eigenvalue weighted by Gasteiger charge is -2.56. The molecule has 2 aromatic rings. The molecule has 0 radical (unpaired) electrons. The van der Waals surface area contributed by atoms with Gasteiger partial charge in [-0.15, -0.1) is 0 Å². The van der Waals surface area contributed by atoms with Crippen LogP contribution in [0.15, 0.2) is 48.5 Å². The number of hydrogen-bond donors (Lipinski definition) is 4. The largest absolute Gasteiger partial charge is 0.392 e. The summed E-state index contributed by atoms with van der Waals surface area (Å²) in [6.45, 7) is 6.82. The first-order chi connectivity index (χ1) is 25.0. The van der Waals surface area contributed by atoms with Gasteiger partial charge in [-0.1, -0.05) is 49.2 Å². The third-order valence-electron chi connectivity index (χ3n) is 13.2. The van der Waals surface area contributed by atoms with Crippen molar-refractivity contribution in [1.82, 2.24) is 15.5 Å². The zero-order valence-corrected chi connectivity index (χ0v) is 31.4. The average Bonchev–Trinajstić information content (AvgIpc) is 3.10. The number of rotatable bonds is 8. The van der Waals surface area contributed by atoms with Gasteiger partial charge in [-0.3, -0.25) is 9.69 Å². The van der Waals surface area contributed by atoms with E-state index in [1.807, 2.05) is 48.5 Å². The number of benzene rings is 2. The van der Waals surface area contributed by atoms with E-state index in [0.717, 1.165) is 78.7 Å². The van der Waals surface area contributed by atoms with Gasteiger partial charge in [0.1, 0.15) is 0 Å².